The molecule has 0 atom stereocenters. The number of nitrogens with two attached hydrogens (primary N) is 1. The van der Waals surface area contributed by atoms with E-state index in [1.165, 1.54) is 6.04 Å². The van der Waals surface area contributed by atoms with E-state index in [1.807, 2.05) is 0 Å². The molecule has 0 radical (unpaired) electrons. The molecule has 0 saturated carbocycles. The molecule has 0 rings (SSSR count). The predicted octanol–water partition coefficient (Wildman–Crippen LogP) is 3.62. The van der Waals surface area contributed by atoms with Crippen molar-refractivity contribution in [1.29, 1.82) is 0 Å². The lowest BCUT2D eigenvalue weighted by Crippen LogP contribution is -2.45. The first-order valence-corrected chi connectivity index (χ1v) is 8.03. The van der Waals surface area contributed by atoms with Crippen LogP contribution < -0.4 is 5.73 Å². The van der Waals surface area contributed by atoms with E-state index in [4.69, 9.17) is 5.73 Å². The topological polar surface area (TPSA) is 26.0 Å². The van der Waals surface area contributed by atoms with Gasteiger partial charge in [0.2, 0.25) is 0 Å². The second-order valence-corrected chi connectivity index (χ2v) is 11.3. The standard InChI is InChI=1S/C11H27NSi/c1-9(2)13(8-7-12,10(3)4)11(5)6/h9-11H,7-8,12H2,1-6H3. The van der Waals surface area contributed by atoms with Crippen LogP contribution in [0.2, 0.25) is 22.7 Å². The van der Waals surface area contributed by atoms with Crippen LogP contribution in [0.5, 0.6) is 0 Å². The van der Waals surface area contributed by atoms with Crippen molar-refractivity contribution in [2.75, 3.05) is 6.54 Å². The van der Waals surface area contributed by atoms with E-state index in [2.05, 4.69) is 41.5 Å². The van der Waals surface area contributed by atoms with Crippen LogP contribution in [0.15, 0.2) is 0 Å². The highest BCUT2D eigenvalue weighted by Crippen LogP contribution is 2.43. The van der Waals surface area contributed by atoms with Crippen LogP contribution in [0.25, 0.3) is 0 Å². The molecule has 0 saturated heterocycles. The van der Waals surface area contributed by atoms with Gasteiger partial charge in [0, 0.05) is 0 Å². The highest BCUT2D eigenvalue weighted by Gasteiger charge is 2.41. The van der Waals surface area contributed by atoms with Crippen LogP contribution in [-0.2, 0) is 0 Å². The van der Waals surface area contributed by atoms with Gasteiger partial charge in [0.25, 0.3) is 0 Å². The van der Waals surface area contributed by atoms with Crippen molar-refractivity contribution in [2.24, 2.45) is 5.73 Å². The second-order valence-electron chi connectivity index (χ2n) is 5.12. The van der Waals surface area contributed by atoms with Crippen molar-refractivity contribution in [2.45, 2.75) is 64.2 Å². The SMILES string of the molecule is CC(C)[Si](CCN)(C(C)C)C(C)C. The smallest absolute Gasteiger partial charge is 0.0625 e. The van der Waals surface area contributed by atoms with Crippen LogP contribution in [0.3, 0.4) is 0 Å². The van der Waals surface area contributed by atoms with E-state index in [9.17, 15) is 0 Å². The van der Waals surface area contributed by atoms with Crippen molar-refractivity contribution in [3.8, 4) is 0 Å². The van der Waals surface area contributed by atoms with Crippen molar-refractivity contribution in [3.63, 3.8) is 0 Å². The van der Waals surface area contributed by atoms with Crippen molar-refractivity contribution >= 4 is 8.07 Å². The van der Waals surface area contributed by atoms with Crippen molar-refractivity contribution < 1.29 is 0 Å². The fourth-order valence-electron chi connectivity index (χ4n) is 3.12. The molecule has 13 heavy (non-hydrogen) atoms. The van der Waals surface area contributed by atoms with Crippen LogP contribution in [0, 0.1) is 0 Å². The Morgan fingerprint density at radius 2 is 1.15 bits per heavy atom. The molecule has 0 unspecified atom stereocenters. The van der Waals surface area contributed by atoms with Gasteiger partial charge in [0.1, 0.15) is 0 Å². The number of rotatable bonds is 5. The zero-order valence-electron chi connectivity index (χ0n) is 10.2. The highest BCUT2D eigenvalue weighted by atomic mass is 28.3. The molecular formula is C11H27NSi. The average molecular weight is 201 g/mol. The maximum absolute atomic E-state index is 5.76. The maximum atomic E-state index is 5.76. The monoisotopic (exact) mass is 201 g/mol. The summed E-state index contributed by atoms with van der Waals surface area (Å²) in [6.07, 6.45) is 0. The van der Waals surface area contributed by atoms with Crippen molar-refractivity contribution in [1.82, 2.24) is 0 Å². The fourth-order valence-corrected chi connectivity index (χ4v) is 9.35. The van der Waals surface area contributed by atoms with Crippen molar-refractivity contribution in [3.05, 3.63) is 0 Å². The van der Waals surface area contributed by atoms with Gasteiger partial charge in [-0.25, -0.2) is 0 Å². The Kier molecular flexibility index (Phi) is 5.23. The molecule has 0 aliphatic carbocycles. The molecule has 0 aliphatic heterocycles. The van der Waals surface area contributed by atoms with Gasteiger partial charge in [0.15, 0.2) is 0 Å². The summed E-state index contributed by atoms with van der Waals surface area (Å²) in [5, 5.41) is 0. The highest BCUT2D eigenvalue weighted by molar-refractivity contribution is 6.83. The third-order valence-corrected chi connectivity index (χ3v) is 11.4. The van der Waals surface area contributed by atoms with Crippen LogP contribution >= 0.6 is 0 Å². The third kappa shape index (κ3) is 2.56. The lowest BCUT2D eigenvalue weighted by Gasteiger charge is -2.43. The zero-order chi connectivity index (χ0) is 10.6. The maximum Gasteiger partial charge on any atom is 0.0625 e. The summed E-state index contributed by atoms with van der Waals surface area (Å²) in [4.78, 5) is 0. The van der Waals surface area contributed by atoms with Gasteiger partial charge in [-0.2, -0.15) is 0 Å². The van der Waals surface area contributed by atoms with E-state index in [0.29, 0.717) is 0 Å². The minimum atomic E-state index is -1.15. The molecule has 0 aromatic carbocycles. The Balaban J connectivity index is 4.82. The van der Waals surface area contributed by atoms with Gasteiger partial charge >= 0.3 is 0 Å². The summed E-state index contributed by atoms with van der Waals surface area (Å²) < 4.78 is 0. The summed E-state index contributed by atoms with van der Waals surface area (Å²) in [6.45, 7) is 15.2. The third-order valence-electron chi connectivity index (χ3n) is 3.80. The largest absolute Gasteiger partial charge is 0.331 e. The van der Waals surface area contributed by atoms with E-state index in [-0.39, 0.29) is 0 Å². The molecular weight excluding hydrogens is 174 g/mol. The second kappa shape index (κ2) is 5.16. The zero-order valence-corrected chi connectivity index (χ0v) is 11.2. The van der Waals surface area contributed by atoms with Gasteiger partial charge in [-0.05, 0) is 12.6 Å². The first-order chi connectivity index (χ1) is 5.89. The molecule has 2 N–H and O–H groups in total. The average Bonchev–Trinajstić information content (AvgIpc) is 1.97. The van der Waals surface area contributed by atoms with E-state index >= 15 is 0 Å². The summed E-state index contributed by atoms with van der Waals surface area (Å²) in [5.41, 5.74) is 8.34. The molecule has 0 heterocycles. The molecule has 0 fully saturated rings. The van der Waals surface area contributed by atoms with Gasteiger partial charge in [-0.15, -0.1) is 0 Å². The van der Waals surface area contributed by atoms with E-state index in [1.54, 1.807) is 0 Å². The summed E-state index contributed by atoms with van der Waals surface area (Å²) in [5.74, 6) is 0. The predicted molar refractivity (Wildman–Crippen MR) is 64.9 cm³/mol. The normalized spacial score (nSPS) is 13.4. The van der Waals surface area contributed by atoms with Crippen LogP contribution in [0.1, 0.15) is 41.5 Å². The van der Waals surface area contributed by atoms with Gasteiger partial charge in [0.05, 0.1) is 8.07 Å². The molecule has 80 valence electrons. The molecule has 1 nitrogen and oxygen atoms in total. The Labute approximate surface area is 85.1 Å². The molecule has 0 aromatic rings. The molecule has 0 aliphatic rings. The Morgan fingerprint density at radius 1 is 0.846 bits per heavy atom. The molecule has 0 bridgehead atoms. The molecule has 0 amide bonds. The van der Waals surface area contributed by atoms with E-state index < -0.39 is 8.07 Å². The van der Waals surface area contributed by atoms with E-state index in [0.717, 1.165) is 23.2 Å². The summed E-state index contributed by atoms with van der Waals surface area (Å²) in [7, 11) is -1.15. The van der Waals surface area contributed by atoms with Crippen LogP contribution in [0.4, 0.5) is 0 Å². The lowest BCUT2D eigenvalue weighted by atomic mass is 10.5. The number of hydrogen-bond donors (Lipinski definition) is 1. The minimum absolute atomic E-state index is 0.857. The minimum Gasteiger partial charge on any atom is -0.331 e. The lowest BCUT2D eigenvalue weighted by molar-refractivity contribution is 0.791. The first-order valence-electron chi connectivity index (χ1n) is 5.59. The Hall–Kier alpha value is 0.177. The molecule has 0 aromatic heterocycles. The quantitative estimate of drug-likeness (QED) is 0.676. The summed E-state index contributed by atoms with van der Waals surface area (Å²) in [6, 6.07) is 1.29. The molecule has 0 spiro atoms. The van der Waals surface area contributed by atoms with Crippen LogP contribution in [-0.4, -0.2) is 14.6 Å². The van der Waals surface area contributed by atoms with Gasteiger partial charge in [-0.3, -0.25) is 0 Å². The first kappa shape index (κ1) is 13.2. The van der Waals surface area contributed by atoms with Gasteiger partial charge in [-0.1, -0.05) is 58.2 Å². The van der Waals surface area contributed by atoms with Gasteiger partial charge < -0.3 is 5.73 Å². The fraction of sp³-hybridized carbons (Fsp3) is 1.00. The summed E-state index contributed by atoms with van der Waals surface area (Å²) >= 11 is 0. The Morgan fingerprint density at radius 3 is 1.23 bits per heavy atom. The number of hydrogen-bond acceptors (Lipinski definition) is 1. The Bertz CT molecular complexity index is 119. The molecule has 2 heteroatoms.